The van der Waals surface area contributed by atoms with Gasteiger partial charge in [0.2, 0.25) is 0 Å². The van der Waals surface area contributed by atoms with Crippen LogP contribution in [0.25, 0.3) is 0 Å². The zero-order valence-corrected chi connectivity index (χ0v) is 27.2. The molecule has 15 nitrogen and oxygen atoms in total. The smallest absolute Gasteiger partial charge is 0.457 e. The van der Waals surface area contributed by atoms with Crippen LogP contribution in [0.15, 0.2) is 92.8 Å². The molecule has 0 aromatic heterocycles. The molecule has 0 heterocycles. The molecule has 2 rings (SSSR count). The molecule has 0 fully saturated rings. The average molecular weight is 667 g/mol. The third-order valence-electron chi connectivity index (χ3n) is 5.27. The molecule has 2 aromatic rings. The molecule has 0 bridgehead atoms. The van der Waals surface area contributed by atoms with Crippen molar-refractivity contribution in [1.29, 1.82) is 0 Å². The Hall–Kier alpha value is -3.68. The van der Waals surface area contributed by atoms with E-state index in [4.69, 9.17) is 32.3 Å². The lowest BCUT2D eigenvalue weighted by molar-refractivity contribution is -0.141. The summed E-state index contributed by atoms with van der Waals surface area (Å²) >= 11 is 0. The SMILES string of the molecule is C=C(C)C(=O)OCc1ccc(N=NP(=O)(OC)OCCOCCOP(=O)(N=Nc2ccc(COC(=O)C(=C)C)cc2)OC)cc1. The molecule has 0 aliphatic rings. The van der Waals surface area contributed by atoms with Gasteiger partial charge in [0.15, 0.2) is 0 Å². The van der Waals surface area contributed by atoms with Crippen LogP contribution in [0, 0.1) is 0 Å². The van der Waals surface area contributed by atoms with Gasteiger partial charge in [0.1, 0.15) is 13.2 Å². The third kappa shape index (κ3) is 14.3. The van der Waals surface area contributed by atoms with Gasteiger partial charge < -0.3 is 14.2 Å². The second-order valence-corrected chi connectivity index (χ2v) is 12.5. The maximum Gasteiger partial charge on any atom is 0.471 e. The van der Waals surface area contributed by atoms with E-state index in [9.17, 15) is 18.7 Å². The lowest BCUT2D eigenvalue weighted by Crippen LogP contribution is -2.08. The predicted molar refractivity (Wildman–Crippen MR) is 163 cm³/mol. The molecule has 0 saturated carbocycles. The molecule has 45 heavy (non-hydrogen) atoms. The Labute approximate surface area is 261 Å². The van der Waals surface area contributed by atoms with Crippen molar-refractivity contribution in [3.63, 3.8) is 0 Å². The molecule has 2 aromatic carbocycles. The second kappa shape index (κ2) is 19.0. The topological polar surface area (TPSA) is 182 Å². The number of esters is 2. The zero-order chi connectivity index (χ0) is 33.3. The van der Waals surface area contributed by atoms with E-state index >= 15 is 0 Å². The van der Waals surface area contributed by atoms with Crippen LogP contribution in [-0.4, -0.2) is 52.6 Å². The normalized spacial score (nSPS) is 14.1. The Bertz CT molecular complexity index is 1350. The van der Waals surface area contributed by atoms with Gasteiger partial charge >= 0.3 is 27.4 Å². The molecule has 244 valence electrons. The molecule has 2 atom stereocenters. The Balaban J connectivity index is 1.73. The van der Waals surface area contributed by atoms with E-state index < -0.39 is 27.4 Å². The molecule has 0 N–H and O–H groups in total. The van der Waals surface area contributed by atoms with Crippen molar-refractivity contribution in [2.24, 2.45) is 20.0 Å². The monoisotopic (exact) mass is 666 g/mol. The molecule has 2 unspecified atom stereocenters. The Morgan fingerprint density at radius 2 is 1.00 bits per heavy atom. The van der Waals surface area contributed by atoms with Crippen molar-refractivity contribution in [2.75, 3.05) is 40.6 Å². The number of ether oxygens (including phenoxy) is 3. The fourth-order valence-corrected chi connectivity index (χ4v) is 4.33. The van der Waals surface area contributed by atoms with Gasteiger partial charge in [0, 0.05) is 25.4 Å². The summed E-state index contributed by atoms with van der Waals surface area (Å²) in [6, 6.07) is 13.1. The summed E-state index contributed by atoms with van der Waals surface area (Å²) in [4.78, 5) is 30.4. The summed E-state index contributed by atoms with van der Waals surface area (Å²) in [6.07, 6.45) is 0. The minimum atomic E-state index is -3.90. The summed E-state index contributed by atoms with van der Waals surface area (Å²) in [5, 5.41) is 7.77. The number of hydrogen-bond donors (Lipinski definition) is 0. The highest BCUT2D eigenvalue weighted by Gasteiger charge is 2.24. The average Bonchev–Trinajstić information content (AvgIpc) is 3.04. The van der Waals surface area contributed by atoms with E-state index in [1.807, 2.05) is 0 Å². The summed E-state index contributed by atoms with van der Waals surface area (Å²) in [5.41, 5.74) is 2.77. The molecule has 17 heteroatoms. The molecule has 0 radical (unpaired) electrons. The minimum absolute atomic E-state index is 0.0172. The van der Waals surface area contributed by atoms with E-state index in [0.717, 1.165) is 0 Å². The van der Waals surface area contributed by atoms with E-state index in [0.29, 0.717) is 33.6 Å². The van der Waals surface area contributed by atoms with Crippen LogP contribution >= 0.6 is 15.5 Å². The number of nitrogens with zero attached hydrogens (tertiary/aromatic N) is 4. The fraction of sp³-hybridized carbons (Fsp3) is 0.357. The Morgan fingerprint density at radius 3 is 1.31 bits per heavy atom. The van der Waals surface area contributed by atoms with Crippen molar-refractivity contribution in [1.82, 2.24) is 0 Å². The van der Waals surface area contributed by atoms with Crippen molar-refractivity contribution in [3.05, 3.63) is 84.0 Å². The Kier molecular flexibility index (Phi) is 15.8. The molecular weight excluding hydrogens is 630 g/mol. The van der Waals surface area contributed by atoms with Gasteiger partial charge in [-0.3, -0.25) is 18.1 Å². The molecule has 0 saturated heterocycles. The predicted octanol–water partition coefficient (Wildman–Crippen LogP) is 7.35. The molecule has 0 amide bonds. The van der Waals surface area contributed by atoms with Crippen LogP contribution < -0.4 is 0 Å². The van der Waals surface area contributed by atoms with Crippen molar-refractivity contribution < 1.29 is 51.0 Å². The van der Waals surface area contributed by atoms with Gasteiger partial charge in [-0.25, -0.2) is 18.7 Å². The van der Waals surface area contributed by atoms with E-state index in [1.54, 1.807) is 62.4 Å². The van der Waals surface area contributed by atoms with E-state index in [2.05, 4.69) is 33.2 Å². The zero-order valence-electron chi connectivity index (χ0n) is 25.4. The third-order valence-corrected chi connectivity index (χ3v) is 7.83. The van der Waals surface area contributed by atoms with Crippen molar-refractivity contribution in [3.8, 4) is 0 Å². The first-order valence-electron chi connectivity index (χ1n) is 13.3. The first-order valence-corrected chi connectivity index (χ1v) is 16.3. The second-order valence-electron chi connectivity index (χ2n) is 9.01. The standard InChI is InChI=1S/C28H36N4O11P2/c1-21(2)27(33)40-19-23-7-11-25(12-8-23)29-31-44(35,37-5)42-17-15-39-16-18-43-45(36,38-6)32-30-26-13-9-24(10-14-26)20-41-28(34)22(3)4/h7-14H,1,3,15-20H2,2,4-6H3. The summed E-state index contributed by atoms with van der Waals surface area (Å²) < 4.78 is 61.0. The number of carbonyl (C=O) groups excluding carboxylic acids is 2. The maximum absolute atomic E-state index is 12.7. The summed E-state index contributed by atoms with van der Waals surface area (Å²) in [6.45, 7) is 9.94. The van der Waals surface area contributed by atoms with Gasteiger partial charge in [0.05, 0.1) is 37.8 Å². The van der Waals surface area contributed by atoms with Gasteiger partial charge in [-0.05, 0) is 49.2 Å². The number of benzene rings is 2. The van der Waals surface area contributed by atoms with Gasteiger partial charge in [-0.1, -0.05) is 47.2 Å². The van der Waals surface area contributed by atoms with Crippen molar-refractivity contribution in [2.45, 2.75) is 27.1 Å². The van der Waals surface area contributed by atoms with Crippen molar-refractivity contribution >= 4 is 38.8 Å². The Morgan fingerprint density at radius 1 is 0.644 bits per heavy atom. The largest absolute Gasteiger partial charge is 0.471 e. The highest BCUT2D eigenvalue weighted by atomic mass is 31.2. The highest BCUT2D eigenvalue weighted by molar-refractivity contribution is 7.52. The van der Waals surface area contributed by atoms with Crippen LogP contribution in [0.2, 0.25) is 0 Å². The lowest BCUT2D eigenvalue weighted by atomic mass is 10.2. The van der Waals surface area contributed by atoms with Gasteiger partial charge in [-0.2, -0.15) is 0 Å². The number of rotatable bonds is 20. The van der Waals surface area contributed by atoms with Crippen LogP contribution in [0.1, 0.15) is 25.0 Å². The molecular formula is C28H36N4O11P2. The van der Waals surface area contributed by atoms with Crippen LogP contribution in [0.3, 0.4) is 0 Å². The number of hydrogen-bond acceptors (Lipinski definition) is 13. The lowest BCUT2D eigenvalue weighted by Gasteiger charge is -2.12. The van der Waals surface area contributed by atoms with Gasteiger partial charge in [-0.15, -0.1) is 10.2 Å². The van der Waals surface area contributed by atoms with Crippen LogP contribution in [0.4, 0.5) is 11.4 Å². The van der Waals surface area contributed by atoms with E-state index in [1.165, 1.54) is 14.2 Å². The number of carbonyl (C=O) groups is 2. The molecule has 0 spiro atoms. The van der Waals surface area contributed by atoms with E-state index in [-0.39, 0.29) is 39.6 Å². The maximum atomic E-state index is 12.7. The highest BCUT2D eigenvalue weighted by Crippen LogP contribution is 2.50. The molecule has 0 aliphatic carbocycles. The van der Waals surface area contributed by atoms with Crippen LogP contribution in [0.5, 0.6) is 0 Å². The summed E-state index contributed by atoms with van der Waals surface area (Å²) in [5.74, 6) is -0.987. The minimum Gasteiger partial charge on any atom is -0.457 e. The van der Waals surface area contributed by atoms with Crippen LogP contribution in [-0.2, 0) is 64.2 Å². The summed E-state index contributed by atoms with van der Waals surface area (Å²) in [7, 11) is -5.48. The van der Waals surface area contributed by atoms with Gasteiger partial charge in [0.25, 0.3) is 0 Å². The fourth-order valence-electron chi connectivity index (χ4n) is 2.83. The molecule has 0 aliphatic heterocycles. The first-order chi connectivity index (χ1) is 21.4. The quantitative estimate of drug-likeness (QED) is 0.0453. The first kappa shape index (κ1) is 37.5.